The maximum absolute atomic E-state index is 12.0. The van der Waals surface area contributed by atoms with Gasteiger partial charge in [-0.15, -0.1) is 0 Å². The second-order valence-electron chi connectivity index (χ2n) is 5.60. The van der Waals surface area contributed by atoms with Gasteiger partial charge in [0, 0.05) is 25.2 Å². The average molecular weight is 295 g/mol. The van der Waals surface area contributed by atoms with Gasteiger partial charge < -0.3 is 16.0 Å². The molecule has 0 spiro atoms. The van der Waals surface area contributed by atoms with E-state index in [9.17, 15) is 4.79 Å². The molecule has 0 unspecified atom stereocenters. The van der Waals surface area contributed by atoms with E-state index in [0.29, 0.717) is 17.8 Å². The molecule has 1 aliphatic heterocycles. The zero-order valence-electron chi connectivity index (χ0n) is 12.6. The van der Waals surface area contributed by atoms with Gasteiger partial charge in [0.25, 0.3) is 0 Å². The van der Waals surface area contributed by atoms with Crippen molar-refractivity contribution in [1.29, 1.82) is 0 Å². The van der Waals surface area contributed by atoms with Crippen molar-refractivity contribution in [2.75, 3.05) is 29.0 Å². The van der Waals surface area contributed by atoms with Crippen LogP contribution in [0.25, 0.3) is 0 Å². The van der Waals surface area contributed by atoms with Crippen molar-refractivity contribution in [3.63, 3.8) is 0 Å². The first-order valence-corrected chi connectivity index (χ1v) is 7.71. The van der Waals surface area contributed by atoms with Gasteiger partial charge in [0.15, 0.2) is 0 Å². The lowest BCUT2D eigenvalue weighted by Gasteiger charge is -2.19. The maximum atomic E-state index is 12.0. The molecule has 1 heterocycles. The zero-order chi connectivity index (χ0) is 15.4. The van der Waals surface area contributed by atoms with Crippen LogP contribution in [0.3, 0.4) is 0 Å². The van der Waals surface area contributed by atoms with E-state index in [1.165, 1.54) is 11.3 Å². The summed E-state index contributed by atoms with van der Waals surface area (Å²) in [5, 5.41) is 2.87. The number of carbonyl (C=O) groups excluding carboxylic acids is 1. The summed E-state index contributed by atoms with van der Waals surface area (Å²) >= 11 is 0. The number of hydrogen-bond donors (Lipinski definition) is 2. The number of nitrogens with one attached hydrogen (secondary N) is 1. The quantitative estimate of drug-likeness (QED) is 0.834. The number of nitrogens with two attached hydrogens (primary N) is 1. The summed E-state index contributed by atoms with van der Waals surface area (Å²) in [4.78, 5) is 14.4. The number of para-hydroxylation sites is 3. The SMILES string of the molecule is Nc1ccccc1NC(=O)CCCN1CCc2ccccc21. The monoisotopic (exact) mass is 295 g/mol. The zero-order valence-corrected chi connectivity index (χ0v) is 12.6. The van der Waals surface area contributed by atoms with Crippen LogP contribution in [-0.2, 0) is 11.2 Å². The smallest absolute Gasteiger partial charge is 0.224 e. The largest absolute Gasteiger partial charge is 0.397 e. The molecule has 114 valence electrons. The number of fused-ring (bicyclic) bond motifs is 1. The molecular weight excluding hydrogens is 274 g/mol. The lowest BCUT2D eigenvalue weighted by molar-refractivity contribution is -0.116. The minimum Gasteiger partial charge on any atom is -0.397 e. The molecular formula is C18H21N3O. The third kappa shape index (κ3) is 3.22. The lowest BCUT2D eigenvalue weighted by Crippen LogP contribution is -2.23. The molecule has 1 amide bonds. The van der Waals surface area contributed by atoms with E-state index in [-0.39, 0.29) is 5.91 Å². The number of nitrogen functional groups attached to an aromatic ring is 1. The van der Waals surface area contributed by atoms with Crippen LogP contribution in [0.5, 0.6) is 0 Å². The van der Waals surface area contributed by atoms with E-state index in [1.807, 2.05) is 18.2 Å². The number of anilines is 3. The standard InChI is InChI=1S/C18H21N3O/c19-15-7-2-3-8-16(15)20-18(22)10-5-12-21-13-11-14-6-1-4-9-17(14)21/h1-4,6-9H,5,10-13,19H2,(H,20,22). The first kappa shape index (κ1) is 14.4. The highest BCUT2D eigenvalue weighted by atomic mass is 16.1. The Morgan fingerprint density at radius 1 is 1.14 bits per heavy atom. The number of benzene rings is 2. The molecule has 0 aromatic heterocycles. The van der Waals surface area contributed by atoms with Crippen LogP contribution >= 0.6 is 0 Å². The molecule has 0 saturated carbocycles. The summed E-state index contributed by atoms with van der Waals surface area (Å²) in [5.74, 6) is 0.0189. The number of nitrogens with zero attached hydrogens (tertiary/aromatic N) is 1. The molecule has 4 nitrogen and oxygen atoms in total. The molecule has 0 radical (unpaired) electrons. The Bertz CT molecular complexity index is 669. The summed E-state index contributed by atoms with van der Waals surface area (Å²) in [7, 11) is 0. The fourth-order valence-electron chi connectivity index (χ4n) is 2.89. The van der Waals surface area contributed by atoms with Gasteiger partial charge >= 0.3 is 0 Å². The highest BCUT2D eigenvalue weighted by Gasteiger charge is 2.17. The van der Waals surface area contributed by atoms with Crippen LogP contribution in [0.2, 0.25) is 0 Å². The molecule has 0 atom stereocenters. The van der Waals surface area contributed by atoms with Gasteiger partial charge in [-0.3, -0.25) is 4.79 Å². The second-order valence-corrected chi connectivity index (χ2v) is 5.60. The molecule has 3 N–H and O–H groups in total. The molecule has 2 aromatic rings. The Kier molecular flexibility index (Phi) is 4.28. The van der Waals surface area contributed by atoms with E-state index in [4.69, 9.17) is 5.73 Å². The molecule has 0 aliphatic carbocycles. The molecule has 1 aliphatic rings. The summed E-state index contributed by atoms with van der Waals surface area (Å²) in [6.45, 7) is 1.96. The van der Waals surface area contributed by atoms with Crippen molar-refractivity contribution in [1.82, 2.24) is 0 Å². The molecule has 22 heavy (non-hydrogen) atoms. The summed E-state index contributed by atoms with van der Waals surface area (Å²) < 4.78 is 0. The minimum absolute atomic E-state index is 0.0189. The molecule has 0 bridgehead atoms. The Balaban J connectivity index is 1.48. The normalized spacial score (nSPS) is 13.0. The van der Waals surface area contributed by atoms with E-state index >= 15 is 0 Å². The first-order valence-electron chi connectivity index (χ1n) is 7.71. The Morgan fingerprint density at radius 2 is 1.91 bits per heavy atom. The predicted octanol–water partition coefficient (Wildman–Crippen LogP) is 3.05. The van der Waals surface area contributed by atoms with Crippen LogP contribution in [0.4, 0.5) is 17.1 Å². The van der Waals surface area contributed by atoms with Gasteiger partial charge in [0.1, 0.15) is 0 Å². The van der Waals surface area contributed by atoms with Crippen LogP contribution < -0.4 is 16.0 Å². The van der Waals surface area contributed by atoms with Crippen molar-refractivity contribution in [2.24, 2.45) is 0 Å². The van der Waals surface area contributed by atoms with E-state index in [1.54, 1.807) is 6.07 Å². The van der Waals surface area contributed by atoms with Crippen molar-refractivity contribution >= 4 is 23.0 Å². The van der Waals surface area contributed by atoms with Gasteiger partial charge in [-0.2, -0.15) is 0 Å². The van der Waals surface area contributed by atoms with E-state index in [2.05, 4.69) is 34.5 Å². The minimum atomic E-state index is 0.0189. The van der Waals surface area contributed by atoms with E-state index in [0.717, 1.165) is 25.9 Å². The molecule has 0 fully saturated rings. The van der Waals surface area contributed by atoms with Crippen molar-refractivity contribution in [3.05, 3.63) is 54.1 Å². The first-order chi connectivity index (χ1) is 10.7. The van der Waals surface area contributed by atoms with Crippen molar-refractivity contribution < 1.29 is 4.79 Å². The van der Waals surface area contributed by atoms with Gasteiger partial charge in [0.2, 0.25) is 5.91 Å². The highest BCUT2D eigenvalue weighted by molar-refractivity contribution is 5.93. The van der Waals surface area contributed by atoms with Gasteiger partial charge in [-0.25, -0.2) is 0 Å². The Hall–Kier alpha value is -2.49. The Labute approximate surface area is 130 Å². The topological polar surface area (TPSA) is 58.4 Å². The average Bonchev–Trinajstić information content (AvgIpc) is 2.93. The van der Waals surface area contributed by atoms with Crippen LogP contribution in [-0.4, -0.2) is 19.0 Å². The van der Waals surface area contributed by atoms with Crippen LogP contribution in [0.15, 0.2) is 48.5 Å². The third-order valence-corrected chi connectivity index (χ3v) is 4.05. The van der Waals surface area contributed by atoms with Crippen LogP contribution in [0, 0.1) is 0 Å². The van der Waals surface area contributed by atoms with Crippen molar-refractivity contribution in [2.45, 2.75) is 19.3 Å². The lowest BCUT2D eigenvalue weighted by atomic mass is 10.2. The summed E-state index contributed by atoms with van der Waals surface area (Å²) in [6.07, 6.45) is 2.45. The highest BCUT2D eigenvalue weighted by Crippen LogP contribution is 2.27. The molecule has 3 rings (SSSR count). The van der Waals surface area contributed by atoms with Gasteiger partial charge in [-0.05, 0) is 36.6 Å². The van der Waals surface area contributed by atoms with Crippen LogP contribution in [0.1, 0.15) is 18.4 Å². The summed E-state index contributed by atoms with van der Waals surface area (Å²) in [6, 6.07) is 15.8. The van der Waals surface area contributed by atoms with E-state index < -0.39 is 0 Å². The number of rotatable bonds is 5. The third-order valence-electron chi connectivity index (χ3n) is 4.05. The molecule has 4 heteroatoms. The fraction of sp³-hybridized carbons (Fsp3) is 0.278. The fourth-order valence-corrected chi connectivity index (χ4v) is 2.89. The summed E-state index contributed by atoms with van der Waals surface area (Å²) in [5.41, 5.74) is 9.84. The molecule has 0 saturated heterocycles. The number of carbonyl (C=O) groups is 1. The van der Waals surface area contributed by atoms with Crippen molar-refractivity contribution in [3.8, 4) is 0 Å². The maximum Gasteiger partial charge on any atom is 0.224 e. The van der Waals surface area contributed by atoms with Gasteiger partial charge in [0.05, 0.1) is 11.4 Å². The number of amides is 1. The van der Waals surface area contributed by atoms with Gasteiger partial charge in [-0.1, -0.05) is 30.3 Å². The Morgan fingerprint density at radius 3 is 2.77 bits per heavy atom. The second kappa shape index (κ2) is 6.52. The predicted molar refractivity (Wildman–Crippen MR) is 91.1 cm³/mol. The number of hydrogen-bond acceptors (Lipinski definition) is 3. The molecule has 2 aromatic carbocycles.